The maximum absolute atomic E-state index is 10.7. The summed E-state index contributed by atoms with van der Waals surface area (Å²) in [7, 11) is 0. The van der Waals surface area contributed by atoms with E-state index in [1.165, 1.54) is 18.3 Å². The Morgan fingerprint density at radius 1 is 1.17 bits per heavy atom. The summed E-state index contributed by atoms with van der Waals surface area (Å²) in [6, 6.07) is 11.1. The van der Waals surface area contributed by atoms with Crippen molar-refractivity contribution in [2.24, 2.45) is 0 Å². The van der Waals surface area contributed by atoms with E-state index in [2.05, 4.69) is 4.98 Å². The monoisotopic (exact) mass is 240 g/mol. The Morgan fingerprint density at radius 3 is 2.33 bits per heavy atom. The molecule has 0 radical (unpaired) electrons. The third-order valence-corrected chi connectivity index (χ3v) is 2.19. The van der Waals surface area contributed by atoms with E-state index in [1.807, 2.05) is 6.07 Å². The second kappa shape index (κ2) is 4.97. The number of hydrogen-bond donors (Lipinski definition) is 1. The number of ether oxygens (including phenoxy) is 1. The number of pyridine rings is 1. The van der Waals surface area contributed by atoms with Gasteiger partial charge in [0.2, 0.25) is 0 Å². The highest BCUT2D eigenvalue weighted by Gasteiger charge is 2.03. The molecule has 1 heterocycles. The van der Waals surface area contributed by atoms with E-state index in [1.54, 1.807) is 24.3 Å². The van der Waals surface area contributed by atoms with Crippen LogP contribution in [0.15, 0.2) is 42.6 Å². The zero-order chi connectivity index (χ0) is 13.0. The molecule has 0 spiro atoms. The van der Waals surface area contributed by atoms with Crippen molar-refractivity contribution in [1.82, 2.24) is 4.98 Å². The van der Waals surface area contributed by atoms with Crippen LogP contribution in [0, 0.1) is 11.3 Å². The second-order valence-corrected chi connectivity index (χ2v) is 3.42. The van der Waals surface area contributed by atoms with Gasteiger partial charge in [0, 0.05) is 0 Å². The van der Waals surface area contributed by atoms with Crippen LogP contribution >= 0.6 is 0 Å². The minimum Gasteiger partial charge on any atom is -0.478 e. The molecule has 0 aliphatic rings. The summed E-state index contributed by atoms with van der Waals surface area (Å²) in [4.78, 5) is 14.5. The minimum absolute atomic E-state index is 0.195. The molecule has 0 saturated carbocycles. The van der Waals surface area contributed by atoms with Gasteiger partial charge in [-0.2, -0.15) is 5.26 Å². The first-order valence-corrected chi connectivity index (χ1v) is 5.06. The summed E-state index contributed by atoms with van der Waals surface area (Å²) >= 11 is 0. The van der Waals surface area contributed by atoms with Gasteiger partial charge in [-0.1, -0.05) is 0 Å². The van der Waals surface area contributed by atoms with Crippen LogP contribution in [-0.2, 0) is 0 Å². The van der Waals surface area contributed by atoms with Gasteiger partial charge < -0.3 is 9.84 Å². The van der Waals surface area contributed by atoms with Crippen LogP contribution in [0.1, 0.15) is 16.1 Å². The lowest BCUT2D eigenvalue weighted by atomic mass is 10.2. The molecule has 1 aromatic heterocycles. The number of aromatic nitrogens is 1. The highest BCUT2D eigenvalue weighted by Crippen LogP contribution is 2.20. The number of benzene rings is 1. The maximum Gasteiger partial charge on any atom is 0.335 e. The smallest absolute Gasteiger partial charge is 0.335 e. The van der Waals surface area contributed by atoms with Crippen molar-refractivity contribution in [2.45, 2.75) is 0 Å². The Kier molecular flexibility index (Phi) is 3.21. The fourth-order valence-corrected chi connectivity index (χ4v) is 1.31. The van der Waals surface area contributed by atoms with Gasteiger partial charge in [-0.3, -0.25) is 0 Å². The number of carboxylic acid groups (broad SMARTS) is 1. The van der Waals surface area contributed by atoms with Crippen LogP contribution in [0.4, 0.5) is 0 Å². The van der Waals surface area contributed by atoms with Crippen LogP contribution in [0.2, 0.25) is 0 Å². The Labute approximate surface area is 103 Å². The van der Waals surface area contributed by atoms with Crippen molar-refractivity contribution in [3.63, 3.8) is 0 Å². The average Bonchev–Trinajstić information content (AvgIpc) is 2.40. The third-order valence-electron chi connectivity index (χ3n) is 2.19. The topological polar surface area (TPSA) is 83.2 Å². The Bertz CT molecular complexity index is 598. The fourth-order valence-electron chi connectivity index (χ4n) is 1.31. The molecule has 18 heavy (non-hydrogen) atoms. The standard InChI is InChI=1S/C13H8N2O3/c14-7-10-3-6-12(8-15-10)18-11-4-1-9(2-5-11)13(16)17/h1-6,8H,(H,16,17). The summed E-state index contributed by atoms with van der Waals surface area (Å²) in [6.07, 6.45) is 1.43. The maximum atomic E-state index is 10.7. The molecular weight excluding hydrogens is 232 g/mol. The third kappa shape index (κ3) is 2.62. The lowest BCUT2D eigenvalue weighted by Crippen LogP contribution is -1.95. The zero-order valence-corrected chi connectivity index (χ0v) is 9.20. The molecular formula is C13H8N2O3. The molecule has 88 valence electrons. The first-order valence-electron chi connectivity index (χ1n) is 5.06. The van der Waals surface area contributed by atoms with E-state index in [0.717, 1.165) is 0 Å². The van der Waals surface area contributed by atoms with Gasteiger partial charge in [0.1, 0.15) is 23.3 Å². The first-order chi connectivity index (χ1) is 8.69. The van der Waals surface area contributed by atoms with Crippen molar-refractivity contribution >= 4 is 5.97 Å². The molecule has 5 nitrogen and oxygen atoms in total. The van der Waals surface area contributed by atoms with Crippen molar-refractivity contribution < 1.29 is 14.6 Å². The van der Waals surface area contributed by atoms with E-state index < -0.39 is 5.97 Å². The van der Waals surface area contributed by atoms with Crippen LogP contribution in [0.25, 0.3) is 0 Å². The predicted octanol–water partition coefficient (Wildman–Crippen LogP) is 2.44. The summed E-state index contributed by atoms with van der Waals surface area (Å²) in [6.45, 7) is 0. The highest BCUT2D eigenvalue weighted by atomic mass is 16.5. The van der Waals surface area contributed by atoms with Gasteiger partial charge in [0.25, 0.3) is 0 Å². The number of hydrogen-bond acceptors (Lipinski definition) is 4. The minimum atomic E-state index is -0.985. The first kappa shape index (κ1) is 11.6. The Morgan fingerprint density at radius 2 is 1.83 bits per heavy atom. The fraction of sp³-hybridized carbons (Fsp3) is 0. The lowest BCUT2D eigenvalue weighted by Gasteiger charge is -2.05. The van der Waals surface area contributed by atoms with E-state index in [4.69, 9.17) is 15.1 Å². The number of rotatable bonds is 3. The van der Waals surface area contributed by atoms with Gasteiger partial charge in [0.15, 0.2) is 0 Å². The highest BCUT2D eigenvalue weighted by molar-refractivity contribution is 5.87. The molecule has 2 rings (SSSR count). The SMILES string of the molecule is N#Cc1ccc(Oc2ccc(C(=O)O)cc2)cn1. The summed E-state index contributed by atoms with van der Waals surface area (Å²) in [5, 5.41) is 17.3. The van der Waals surface area contributed by atoms with Crippen molar-refractivity contribution in [3.8, 4) is 17.6 Å². The van der Waals surface area contributed by atoms with Crippen molar-refractivity contribution in [1.29, 1.82) is 5.26 Å². The molecule has 0 aliphatic heterocycles. The number of aromatic carboxylic acids is 1. The van der Waals surface area contributed by atoms with E-state index in [9.17, 15) is 4.79 Å². The van der Waals surface area contributed by atoms with Crippen LogP contribution in [0.3, 0.4) is 0 Å². The summed E-state index contributed by atoms with van der Waals surface area (Å²) in [5.41, 5.74) is 0.504. The van der Waals surface area contributed by atoms with Gasteiger partial charge in [-0.05, 0) is 36.4 Å². The number of carboxylic acids is 1. The molecule has 0 aliphatic carbocycles. The zero-order valence-electron chi connectivity index (χ0n) is 9.20. The van der Waals surface area contributed by atoms with Gasteiger partial charge in [-0.25, -0.2) is 9.78 Å². The van der Waals surface area contributed by atoms with E-state index >= 15 is 0 Å². The van der Waals surface area contributed by atoms with Crippen molar-refractivity contribution in [2.75, 3.05) is 0 Å². The quantitative estimate of drug-likeness (QED) is 0.890. The number of nitriles is 1. The molecule has 0 unspecified atom stereocenters. The molecule has 2 aromatic rings. The van der Waals surface area contributed by atoms with Gasteiger partial charge in [0.05, 0.1) is 11.8 Å². The number of carbonyl (C=O) groups is 1. The molecule has 1 aromatic carbocycles. The largest absolute Gasteiger partial charge is 0.478 e. The number of nitrogens with zero attached hydrogens (tertiary/aromatic N) is 2. The predicted molar refractivity (Wildman–Crippen MR) is 62.4 cm³/mol. The Hall–Kier alpha value is -2.87. The molecule has 0 atom stereocenters. The van der Waals surface area contributed by atoms with E-state index in [0.29, 0.717) is 17.2 Å². The molecule has 0 saturated heterocycles. The lowest BCUT2D eigenvalue weighted by molar-refractivity contribution is 0.0697. The Balaban J connectivity index is 2.13. The van der Waals surface area contributed by atoms with Gasteiger partial charge >= 0.3 is 5.97 Å². The van der Waals surface area contributed by atoms with Crippen LogP contribution in [-0.4, -0.2) is 16.1 Å². The average molecular weight is 240 g/mol. The normalized spacial score (nSPS) is 9.50. The molecule has 0 amide bonds. The summed E-state index contributed by atoms with van der Waals surface area (Å²) < 4.78 is 5.45. The molecule has 0 bridgehead atoms. The van der Waals surface area contributed by atoms with Gasteiger partial charge in [-0.15, -0.1) is 0 Å². The molecule has 1 N–H and O–H groups in total. The molecule has 0 fully saturated rings. The van der Waals surface area contributed by atoms with E-state index in [-0.39, 0.29) is 5.56 Å². The van der Waals surface area contributed by atoms with Crippen molar-refractivity contribution in [3.05, 3.63) is 53.9 Å². The van der Waals surface area contributed by atoms with Crippen LogP contribution < -0.4 is 4.74 Å². The summed E-state index contributed by atoms with van der Waals surface area (Å²) in [5.74, 6) is 0.00479. The molecule has 5 heteroatoms. The van der Waals surface area contributed by atoms with Crippen LogP contribution in [0.5, 0.6) is 11.5 Å². The second-order valence-electron chi connectivity index (χ2n) is 3.42.